The van der Waals surface area contributed by atoms with Gasteiger partial charge in [0.05, 0.1) is 12.2 Å². The maximum atomic E-state index is 10.4. The molecule has 0 aromatic carbocycles. The highest BCUT2D eigenvalue weighted by atomic mass is 16.3. The third-order valence-corrected chi connectivity index (χ3v) is 7.15. The van der Waals surface area contributed by atoms with Crippen molar-refractivity contribution in [3.63, 3.8) is 0 Å². The largest absolute Gasteiger partial charge is 0.393 e. The number of aliphatic hydroxyl groups excluding tert-OH is 2. The monoisotopic (exact) mass is 456 g/mol. The van der Waals surface area contributed by atoms with Gasteiger partial charge >= 0.3 is 0 Å². The van der Waals surface area contributed by atoms with E-state index < -0.39 is 0 Å². The van der Waals surface area contributed by atoms with E-state index >= 15 is 0 Å². The zero-order chi connectivity index (χ0) is 24.2. The molecule has 0 aliphatic carbocycles. The lowest BCUT2D eigenvalue weighted by Gasteiger charge is -2.35. The van der Waals surface area contributed by atoms with Crippen LogP contribution in [0.15, 0.2) is 0 Å². The lowest BCUT2D eigenvalue weighted by atomic mass is 10.1. The molecule has 0 radical (unpaired) electrons. The number of hydrogen-bond donors (Lipinski definition) is 2. The average Bonchev–Trinajstić information content (AvgIpc) is 2.79. The van der Waals surface area contributed by atoms with Gasteiger partial charge in [-0.05, 0) is 52.4 Å². The summed E-state index contributed by atoms with van der Waals surface area (Å²) in [6, 6.07) is 1.13. The quantitative estimate of drug-likeness (QED) is 0.181. The SMILES string of the molecule is CCCCC(O)CCN(CCN(CCC(O)CCCC)C(C)CCCC)C(C)CCCC. The van der Waals surface area contributed by atoms with Gasteiger partial charge in [-0.1, -0.05) is 79.1 Å². The second-order valence-corrected chi connectivity index (χ2v) is 10.2. The average molecular weight is 457 g/mol. The third kappa shape index (κ3) is 16.5. The van der Waals surface area contributed by atoms with Crippen molar-refractivity contribution in [3.8, 4) is 0 Å². The molecular formula is C28H60N2O2. The maximum Gasteiger partial charge on any atom is 0.0552 e. The Balaban J connectivity index is 4.93. The number of hydrogen-bond acceptors (Lipinski definition) is 4. The minimum absolute atomic E-state index is 0.163. The molecule has 4 atom stereocenters. The second-order valence-electron chi connectivity index (χ2n) is 10.2. The van der Waals surface area contributed by atoms with Gasteiger partial charge < -0.3 is 10.2 Å². The standard InChI is InChI=1S/C28H60N2O2/c1-7-11-15-25(5)29(21-19-27(31)17-13-9-3)23-24-30(26(6)16-12-8-2)22-20-28(32)18-14-10-4/h25-28,31-32H,7-24H2,1-6H3. The fraction of sp³-hybridized carbons (Fsp3) is 1.00. The summed E-state index contributed by atoms with van der Waals surface area (Å²) in [6.07, 6.45) is 15.4. The Labute approximate surface area is 202 Å². The Hall–Kier alpha value is -0.160. The molecular weight excluding hydrogens is 396 g/mol. The molecule has 0 spiro atoms. The minimum atomic E-state index is -0.163. The lowest BCUT2D eigenvalue weighted by Crippen LogP contribution is -2.44. The van der Waals surface area contributed by atoms with Crippen molar-refractivity contribution < 1.29 is 10.2 Å². The summed E-state index contributed by atoms with van der Waals surface area (Å²) in [5.41, 5.74) is 0. The van der Waals surface area contributed by atoms with Gasteiger partial charge in [0.15, 0.2) is 0 Å². The van der Waals surface area contributed by atoms with Crippen molar-refractivity contribution >= 4 is 0 Å². The molecule has 0 rings (SSSR count). The van der Waals surface area contributed by atoms with Crippen LogP contribution in [0.1, 0.15) is 131 Å². The summed E-state index contributed by atoms with van der Waals surface area (Å²) >= 11 is 0. The molecule has 32 heavy (non-hydrogen) atoms. The van der Waals surface area contributed by atoms with Crippen molar-refractivity contribution in [3.05, 3.63) is 0 Å². The number of nitrogens with zero attached hydrogens (tertiary/aromatic N) is 2. The molecule has 194 valence electrons. The van der Waals surface area contributed by atoms with E-state index in [1.54, 1.807) is 0 Å². The fourth-order valence-electron chi connectivity index (χ4n) is 4.52. The first-order chi connectivity index (χ1) is 15.4. The topological polar surface area (TPSA) is 46.9 Å². The summed E-state index contributed by atoms with van der Waals surface area (Å²) in [7, 11) is 0. The molecule has 4 heteroatoms. The summed E-state index contributed by atoms with van der Waals surface area (Å²) in [5, 5.41) is 20.8. The van der Waals surface area contributed by atoms with E-state index in [4.69, 9.17) is 0 Å². The minimum Gasteiger partial charge on any atom is -0.393 e. The highest BCUT2D eigenvalue weighted by Crippen LogP contribution is 2.15. The number of unbranched alkanes of at least 4 members (excludes halogenated alkanes) is 4. The van der Waals surface area contributed by atoms with Crippen molar-refractivity contribution in [2.45, 2.75) is 156 Å². The van der Waals surface area contributed by atoms with Crippen LogP contribution in [0, 0.1) is 0 Å². The van der Waals surface area contributed by atoms with E-state index in [1.807, 2.05) is 0 Å². The molecule has 0 aromatic heterocycles. The van der Waals surface area contributed by atoms with Crippen LogP contribution < -0.4 is 0 Å². The summed E-state index contributed by atoms with van der Waals surface area (Å²) < 4.78 is 0. The van der Waals surface area contributed by atoms with Crippen LogP contribution in [-0.2, 0) is 0 Å². The Morgan fingerprint density at radius 2 is 0.781 bits per heavy atom. The molecule has 0 amide bonds. The molecule has 0 saturated heterocycles. The first-order valence-electron chi connectivity index (χ1n) is 14.2. The van der Waals surface area contributed by atoms with Gasteiger partial charge in [-0.25, -0.2) is 0 Å². The van der Waals surface area contributed by atoms with Crippen molar-refractivity contribution in [1.82, 2.24) is 9.80 Å². The van der Waals surface area contributed by atoms with Gasteiger partial charge in [0.1, 0.15) is 0 Å². The first-order valence-corrected chi connectivity index (χ1v) is 14.2. The molecule has 0 aliphatic rings. The van der Waals surface area contributed by atoms with Crippen LogP contribution in [0.2, 0.25) is 0 Å². The van der Waals surface area contributed by atoms with Gasteiger partial charge in [-0.15, -0.1) is 0 Å². The van der Waals surface area contributed by atoms with Gasteiger partial charge in [0.2, 0.25) is 0 Å². The zero-order valence-electron chi connectivity index (χ0n) is 22.8. The molecule has 0 bridgehead atoms. The Morgan fingerprint density at radius 3 is 1.09 bits per heavy atom. The van der Waals surface area contributed by atoms with E-state index in [0.717, 1.165) is 77.5 Å². The molecule has 0 aromatic rings. The third-order valence-electron chi connectivity index (χ3n) is 7.15. The summed E-state index contributed by atoms with van der Waals surface area (Å²) in [6.45, 7) is 17.8. The predicted octanol–water partition coefficient (Wildman–Crippen LogP) is 6.63. The normalized spacial score (nSPS) is 15.9. The van der Waals surface area contributed by atoms with Crippen molar-refractivity contribution in [1.29, 1.82) is 0 Å². The summed E-state index contributed by atoms with van der Waals surface area (Å²) in [4.78, 5) is 5.25. The van der Waals surface area contributed by atoms with Crippen LogP contribution in [0.4, 0.5) is 0 Å². The molecule has 0 aliphatic heterocycles. The molecule has 4 unspecified atom stereocenters. The molecule has 0 heterocycles. The van der Waals surface area contributed by atoms with Crippen molar-refractivity contribution in [2.24, 2.45) is 0 Å². The van der Waals surface area contributed by atoms with E-state index in [9.17, 15) is 10.2 Å². The van der Waals surface area contributed by atoms with Crippen LogP contribution in [0.5, 0.6) is 0 Å². The van der Waals surface area contributed by atoms with E-state index in [-0.39, 0.29) is 12.2 Å². The molecule has 4 nitrogen and oxygen atoms in total. The van der Waals surface area contributed by atoms with E-state index in [1.165, 1.54) is 38.5 Å². The highest BCUT2D eigenvalue weighted by Gasteiger charge is 2.20. The fourth-order valence-corrected chi connectivity index (χ4v) is 4.52. The van der Waals surface area contributed by atoms with Crippen LogP contribution in [0.3, 0.4) is 0 Å². The van der Waals surface area contributed by atoms with E-state index in [2.05, 4.69) is 51.3 Å². The molecule has 0 fully saturated rings. The maximum absolute atomic E-state index is 10.4. The van der Waals surface area contributed by atoms with Crippen LogP contribution >= 0.6 is 0 Å². The highest BCUT2D eigenvalue weighted by molar-refractivity contribution is 4.75. The second kappa shape index (κ2) is 21.4. The van der Waals surface area contributed by atoms with Crippen LogP contribution in [-0.4, -0.2) is 70.5 Å². The molecule has 0 saturated carbocycles. The number of aliphatic hydroxyl groups is 2. The Kier molecular flexibility index (Phi) is 21.3. The summed E-state index contributed by atoms with van der Waals surface area (Å²) in [5.74, 6) is 0. The Morgan fingerprint density at radius 1 is 0.469 bits per heavy atom. The van der Waals surface area contributed by atoms with Gasteiger partial charge in [-0.3, -0.25) is 9.80 Å². The lowest BCUT2D eigenvalue weighted by molar-refractivity contribution is 0.0866. The first kappa shape index (κ1) is 31.8. The van der Waals surface area contributed by atoms with Gasteiger partial charge in [-0.2, -0.15) is 0 Å². The van der Waals surface area contributed by atoms with Crippen LogP contribution in [0.25, 0.3) is 0 Å². The smallest absolute Gasteiger partial charge is 0.0552 e. The predicted molar refractivity (Wildman–Crippen MR) is 141 cm³/mol. The van der Waals surface area contributed by atoms with Gasteiger partial charge in [0.25, 0.3) is 0 Å². The van der Waals surface area contributed by atoms with Gasteiger partial charge in [0, 0.05) is 38.3 Å². The van der Waals surface area contributed by atoms with Crippen molar-refractivity contribution in [2.75, 3.05) is 26.2 Å². The number of rotatable bonds is 23. The Bertz CT molecular complexity index is 358. The zero-order valence-corrected chi connectivity index (χ0v) is 22.8. The van der Waals surface area contributed by atoms with E-state index in [0.29, 0.717) is 12.1 Å². The molecule has 2 N–H and O–H groups in total.